The Morgan fingerprint density at radius 2 is 1.89 bits per heavy atom. The molecule has 4 heteroatoms. The van der Waals surface area contributed by atoms with E-state index < -0.39 is 6.04 Å². The lowest BCUT2D eigenvalue weighted by atomic mass is 10.0. The number of nitrogens with one attached hydrogen (secondary N) is 1. The highest BCUT2D eigenvalue weighted by atomic mass is 16.2. The highest BCUT2D eigenvalue weighted by Gasteiger charge is 2.46. The minimum absolute atomic E-state index is 0.00512. The van der Waals surface area contributed by atoms with Crippen LogP contribution in [0.5, 0.6) is 0 Å². The molecule has 1 N–H and O–H groups in total. The summed E-state index contributed by atoms with van der Waals surface area (Å²) in [4.78, 5) is 26.2. The van der Waals surface area contributed by atoms with Gasteiger partial charge in [-0.3, -0.25) is 9.59 Å². The molecule has 4 nitrogen and oxygen atoms in total. The van der Waals surface area contributed by atoms with Crippen LogP contribution < -0.4 is 5.32 Å². The second-order valence-corrected chi connectivity index (χ2v) is 5.46. The van der Waals surface area contributed by atoms with E-state index in [1.165, 1.54) is 0 Å². The van der Waals surface area contributed by atoms with Crippen LogP contribution in [0.2, 0.25) is 0 Å². The van der Waals surface area contributed by atoms with Crippen molar-refractivity contribution in [3.8, 4) is 0 Å². The minimum Gasteiger partial charge on any atom is -0.343 e. The van der Waals surface area contributed by atoms with Gasteiger partial charge in [-0.2, -0.15) is 0 Å². The van der Waals surface area contributed by atoms with E-state index in [1.807, 2.05) is 30.3 Å². The number of amides is 2. The van der Waals surface area contributed by atoms with E-state index in [2.05, 4.69) is 5.32 Å². The Morgan fingerprint density at radius 1 is 1.21 bits per heavy atom. The number of benzene rings is 1. The third-order valence-electron chi connectivity index (χ3n) is 3.88. The lowest BCUT2D eigenvalue weighted by Gasteiger charge is -2.38. The number of rotatable bonds is 3. The van der Waals surface area contributed by atoms with Crippen molar-refractivity contribution in [3.05, 3.63) is 35.9 Å². The van der Waals surface area contributed by atoms with Crippen molar-refractivity contribution in [2.45, 2.75) is 38.4 Å². The zero-order chi connectivity index (χ0) is 13.4. The maximum atomic E-state index is 12.3. The first-order chi connectivity index (χ1) is 9.16. The summed E-state index contributed by atoms with van der Waals surface area (Å²) < 4.78 is 0. The number of carbonyl (C=O) groups is 2. The molecule has 1 aliphatic carbocycles. The predicted molar refractivity (Wildman–Crippen MR) is 71.1 cm³/mol. The van der Waals surface area contributed by atoms with Gasteiger partial charge in [-0.25, -0.2) is 0 Å². The predicted octanol–water partition coefficient (Wildman–Crippen LogP) is 1.31. The largest absolute Gasteiger partial charge is 0.343 e. The van der Waals surface area contributed by atoms with Gasteiger partial charge in [0.1, 0.15) is 12.1 Å². The van der Waals surface area contributed by atoms with Gasteiger partial charge >= 0.3 is 0 Å². The van der Waals surface area contributed by atoms with Crippen LogP contribution in [0, 0.1) is 5.92 Å². The van der Waals surface area contributed by atoms with Crippen LogP contribution in [-0.4, -0.2) is 28.8 Å². The zero-order valence-corrected chi connectivity index (χ0v) is 11.0. The number of hydrogen-bond donors (Lipinski definition) is 1. The molecule has 2 aliphatic rings. The Morgan fingerprint density at radius 3 is 2.53 bits per heavy atom. The summed E-state index contributed by atoms with van der Waals surface area (Å²) in [6.07, 6.45) is 2.09. The molecule has 0 radical (unpaired) electrons. The first kappa shape index (κ1) is 12.2. The first-order valence-corrected chi connectivity index (χ1v) is 6.81. The Hall–Kier alpha value is -1.84. The molecule has 1 saturated carbocycles. The third-order valence-corrected chi connectivity index (χ3v) is 3.88. The van der Waals surface area contributed by atoms with Crippen LogP contribution in [0.1, 0.15) is 25.3 Å². The summed E-state index contributed by atoms with van der Waals surface area (Å²) in [7, 11) is 0. The molecule has 19 heavy (non-hydrogen) atoms. The molecule has 1 heterocycles. The average Bonchev–Trinajstić information content (AvgIpc) is 3.21. The van der Waals surface area contributed by atoms with E-state index in [0.29, 0.717) is 12.5 Å². The smallest absolute Gasteiger partial charge is 0.245 e. The average molecular weight is 258 g/mol. The van der Waals surface area contributed by atoms with Gasteiger partial charge in [0.05, 0.1) is 0 Å². The quantitative estimate of drug-likeness (QED) is 0.888. The van der Waals surface area contributed by atoms with E-state index in [4.69, 9.17) is 0 Å². The van der Waals surface area contributed by atoms with Crippen molar-refractivity contribution < 1.29 is 9.59 Å². The molecule has 100 valence electrons. The van der Waals surface area contributed by atoms with Crippen LogP contribution in [0.4, 0.5) is 0 Å². The summed E-state index contributed by atoms with van der Waals surface area (Å²) in [5, 5.41) is 2.79. The summed E-state index contributed by atoms with van der Waals surface area (Å²) in [5.41, 5.74) is 1.07. The number of hydrogen-bond acceptors (Lipinski definition) is 2. The molecule has 2 atom stereocenters. The highest BCUT2D eigenvalue weighted by Crippen LogP contribution is 2.37. The number of carbonyl (C=O) groups excluding carboxylic acids is 2. The number of nitrogens with zero attached hydrogens (tertiary/aromatic N) is 1. The molecule has 0 unspecified atom stereocenters. The first-order valence-electron chi connectivity index (χ1n) is 6.81. The van der Waals surface area contributed by atoms with E-state index in [0.717, 1.165) is 18.4 Å². The Balaban J connectivity index is 1.85. The van der Waals surface area contributed by atoms with Crippen LogP contribution >= 0.6 is 0 Å². The van der Waals surface area contributed by atoms with Gasteiger partial charge in [0.2, 0.25) is 11.8 Å². The SMILES string of the molecule is C[C@H]1NC(=O)[C@H](C2CC2)N(Cc2ccccc2)C1=O. The molecular formula is C15H18N2O2. The second kappa shape index (κ2) is 4.68. The Bertz CT molecular complexity index is 496. The Kier molecular flexibility index (Phi) is 3.01. The number of piperazine rings is 1. The highest BCUT2D eigenvalue weighted by molar-refractivity contribution is 5.97. The second-order valence-electron chi connectivity index (χ2n) is 5.46. The van der Waals surface area contributed by atoms with Gasteiger partial charge in [0, 0.05) is 6.54 Å². The topological polar surface area (TPSA) is 49.4 Å². The molecule has 1 aromatic rings. The summed E-state index contributed by atoms with van der Waals surface area (Å²) in [6.45, 7) is 2.28. The van der Waals surface area contributed by atoms with Gasteiger partial charge < -0.3 is 10.2 Å². The lowest BCUT2D eigenvalue weighted by Crippen LogP contribution is -2.62. The fourth-order valence-electron chi connectivity index (χ4n) is 2.72. The van der Waals surface area contributed by atoms with Crippen LogP contribution in [0.15, 0.2) is 30.3 Å². The maximum absolute atomic E-state index is 12.3. The van der Waals surface area contributed by atoms with Gasteiger partial charge in [0.15, 0.2) is 0 Å². The summed E-state index contributed by atoms with van der Waals surface area (Å²) >= 11 is 0. The third kappa shape index (κ3) is 2.35. The lowest BCUT2D eigenvalue weighted by molar-refractivity contribution is -0.150. The van der Waals surface area contributed by atoms with Crippen LogP contribution in [0.25, 0.3) is 0 Å². The van der Waals surface area contributed by atoms with Crippen LogP contribution in [0.3, 0.4) is 0 Å². The van der Waals surface area contributed by atoms with Gasteiger partial charge in [0.25, 0.3) is 0 Å². The van der Waals surface area contributed by atoms with Gasteiger partial charge in [-0.15, -0.1) is 0 Å². The van der Waals surface area contributed by atoms with Crippen molar-refractivity contribution >= 4 is 11.8 Å². The summed E-state index contributed by atoms with van der Waals surface area (Å²) in [6, 6.07) is 9.17. The van der Waals surface area contributed by atoms with Crippen molar-refractivity contribution in [2.24, 2.45) is 5.92 Å². The minimum atomic E-state index is -0.411. The Labute approximate surface area is 112 Å². The maximum Gasteiger partial charge on any atom is 0.245 e. The van der Waals surface area contributed by atoms with E-state index >= 15 is 0 Å². The van der Waals surface area contributed by atoms with Gasteiger partial charge in [-0.1, -0.05) is 30.3 Å². The molecule has 0 bridgehead atoms. The van der Waals surface area contributed by atoms with Crippen LogP contribution in [-0.2, 0) is 16.1 Å². The van der Waals surface area contributed by atoms with E-state index in [-0.39, 0.29) is 17.9 Å². The fourth-order valence-corrected chi connectivity index (χ4v) is 2.72. The molecule has 2 fully saturated rings. The van der Waals surface area contributed by atoms with Crippen molar-refractivity contribution in [3.63, 3.8) is 0 Å². The van der Waals surface area contributed by atoms with Crippen molar-refractivity contribution in [1.82, 2.24) is 10.2 Å². The molecule has 1 aliphatic heterocycles. The molecule has 1 aromatic carbocycles. The van der Waals surface area contributed by atoms with Crippen molar-refractivity contribution in [1.29, 1.82) is 0 Å². The van der Waals surface area contributed by atoms with Gasteiger partial charge in [-0.05, 0) is 31.2 Å². The normalized spacial score (nSPS) is 27.3. The summed E-state index contributed by atoms with van der Waals surface area (Å²) in [5.74, 6) is 0.381. The molecular weight excluding hydrogens is 240 g/mol. The van der Waals surface area contributed by atoms with Crippen molar-refractivity contribution in [2.75, 3.05) is 0 Å². The molecule has 0 spiro atoms. The monoisotopic (exact) mass is 258 g/mol. The molecule has 0 aromatic heterocycles. The molecule has 1 saturated heterocycles. The molecule has 2 amide bonds. The van der Waals surface area contributed by atoms with E-state index in [9.17, 15) is 9.59 Å². The molecule has 3 rings (SSSR count). The standard InChI is InChI=1S/C15H18N2O2/c1-10-15(19)17(9-11-5-3-2-4-6-11)13(12-7-8-12)14(18)16-10/h2-6,10,12-13H,7-9H2,1H3,(H,16,18)/t10-,13+/m1/s1. The fraction of sp³-hybridized carbons (Fsp3) is 0.467. The van der Waals surface area contributed by atoms with E-state index in [1.54, 1.807) is 11.8 Å². The zero-order valence-electron chi connectivity index (χ0n) is 11.0.